The highest BCUT2D eigenvalue weighted by Crippen LogP contribution is 2.30. The molecule has 1 saturated heterocycles. The van der Waals surface area contributed by atoms with Crippen molar-refractivity contribution in [2.75, 3.05) is 13.1 Å². The highest BCUT2D eigenvalue weighted by molar-refractivity contribution is 6.09. The van der Waals surface area contributed by atoms with Gasteiger partial charge in [-0.15, -0.1) is 0 Å². The minimum Gasteiger partial charge on any atom is -0.337 e. The molecule has 1 N–H and O–H groups in total. The first-order chi connectivity index (χ1) is 15.2. The number of benzene rings is 2. The number of nitro benzene ring substituents is 1. The number of nitrogens with zero attached hydrogens (tertiary/aromatic N) is 3. The van der Waals surface area contributed by atoms with Crippen molar-refractivity contribution >= 4 is 23.5 Å². The fourth-order valence-corrected chi connectivity index (χ4v) is 3.66. The van der Waals surface area contributed by atoms with Crippen LogP contribution in [0.2, 0.25) is 0 Å². The third-order valence-electron chi connectivity index (χ3n) is 5.56. The van der Waals surface area contributed by atoms with Gasteiger partial charge in [0.15, 0.2) is 0 Å². The van der Waals surface area contributed by atoms with Crippen LogP contribution >= 0.6 is 0 Å². The van der Waals surface area contributed by atoms with Crippen molar-refractivity contribution in [3.8, 4) is 0 Å². The molecule has 2 aromatic carbocycles. The fraction of sp³-hybridized carbons (Fsp3) is 0.348. The Morgan fingerprint density at radius 2 is 1.75 bits per heavy atom. The van der Waals surface area contributed by atoms with Crippen molar-refractivity contribution in [2.24, 2.45) is 0 Å². The number of non-ortho nitro benzene ring substituents is 1. The van der Waals surface area contributed by atoms with E-state index < -0.39 is 22.4 Å². The average molecular weight is 438 g/mol. The molecule has 4 amide bonds. The molecule has 1 aliphatic rings. The van der Waals surface area contributed by atoms with Gasteiger partial charge in [-0.3, -0.25) is 24.6 Å². The Bertz CT molecular complexity index is 1040. The molecule has 1 unspecified atom stereocenters. The van der Waals surface area contributed by atoms with Gasteiger partial charge in [0, 0.05) is 25.2 Å². The predicted octanol–water partition coefficient (Wildman–Crippen LogP) is 3.11. The van der Waals surface area contributed by atoms with E-state index >= 15 is 0 Å². The van der Waals surface area contributed by atoms with Crippen LogP contribution in [0.5, 0.6) is 0 Å². The van der Waals surface area contributed by atoms with E-state index in [-0.39, 0.29) is 18.1 Å². The maximum Gasteiger partial charge on any atom is 0.325 e. The van der Waals surface area contributed by atoms with Gasteiger partial charge in [0.1, 0.15) is 12.1 Å². The fourth-order valence-electron chi connectivity index (χ4n) is 3.66. The number of nitrogens with one attached hydrogen (secondary N) is 1. The molecule has 0 aliphatic carbocycles. The first-order valence-corrected chi connectivity index (χ1v) is 10.4. The summed E-state index contributed by atoms with van der Waals surface area (Å²) in [6, 6.07) is 12.6. The minimum atomic E-state index is -1.40. The third-order valence-corrected chi connectivity index (χ3v) is 5.56. The van der Waals surface area contributed by atoms with Gasteiger partial charge in [0.25, 0.3) is 11.6 Å². The number of carbonyl (C=O) groups excluding carboxylic acids is 3. The lowest BCUT2D eigenvalue weighted by atomic mass is 9.92. The maximum absolute atomic E-state index is 13.1. The van der Waals surface area contributed by atoms with E-state index in [9.17, 15) is 24.5 Å². The Labute approximate surface area is 186 Å². The van der Waals surface area contributed by atoms with Crippen LogP contribution in [0.3, 0.4) is 0 Å². The summed E-state index contributed by atoms with van der Waals surface area (Å²) in [5, 5.41) is 13.5. The van der Waals surface area contributed by atoms with Crippen molar-refractivity contribution in [1.82, 2.24) is 15.1 Å². The number of rotatable bonds is 8. The second kappa shape index (κ2) is 9.17. The number of nitro groups is 1. The molecule has 1 heterocycles. The topological polar surface area (TPSA) is 113 Å². The number of carbonyl (C=O) groups is 3. The quantitative estimate of drug-likeness (QED) is 0.387. The monoisotopic (exact) mass is 438 g/mol. The molecule has 1 atom stereocenters. The molecule has 3 rings (SSSR count). The van der Waals surface area contributed by atoms with E-state index in [1.165, 1.54) is 31.2 Å². The van der Waals surface area contributed by atoms with Crippen molar-refractivity contribution in [2.45, 2.75) is 39.3 Å². The lowest BCUT2D eigenvalue weighted by Gasteiger charge is -2.25. The molecule has 32 heavy (non-hydrogen) atoms. The molecule has 9 heteroatoms. The zero-order valence-electron chi connectivity index (χ0n) is 18.3. The van der Waals surface area contributed by atoms with Crippen LogP contribution < -0.4 is 5.32 Å². The molecule has 2 aromatic rings. The summed E-state index contributed by atoms with van der Waals surface area (Å²) in [5.74, 6) is -0.902. The normalized spacial score (nSPS) is 17.9. The molecule has 168 valence electrons. The molecule has 1 aliphatic heterocycles. The summed E-state index contributed by atoms with van der Waals surface area (Å²) in [4.78, 5) is 51.6. The molecule has 9 nitrogen and oxygen atoms in total. The first-order valence-electron chi connectivity index (χ1n) is 10.4. The second-order valence-corrected chi connectivity index (χ2v) is 8.05. The number of hydrogen-bond donors (Lipinski definition) is 1. The number of aryl methyl sites for hydroxylation is 1. The highest BCUT2D eigenvalue weighted by atomic mass is 16.6. The van der Waals surface area contributed by atoms with Crippen LogP contribution in [-0.2, 0) is 21.7 Å². The summed E-state index contributed by atoms with van der Waals surface area (Å²) < 4.78 is 0. The van der Waals surface area contributed by atoms with Gasteiger partial charge in [-0.1, -0.05) is 36.8 Å². The van der Waals surface area contributed by atoms with E-state index in [0.29, 0.717) is 18.7 Å². The Hall–Kier alpha value is -3.75. The van der Waals surface area contributed by atoms with Gasteiger partial charge in [-0.2, -0.15) is 0 Å². The Morgan fingerprint density at radius 1 is 1.12 bits per heavy atom. The zero-order valence-corrected chi connectivity index (χ0v) is 18.3. The summed E-state index contributed by atoms with van der Waals surface area (Å²) in [5.41, 5.74) is 0.963. The summed E-state index contributed by atoms with van der Waals surface area (Å²) in [6.07, 6.45) is 0.734. The van der Waals surface area contributed by atoms with Gasteiger partial charge in [0.2, 0.25) is 5.91 Å². The second-order valence-electron chi connectivity index (χ2n) is 8.05. The van der Waals surface area contributed by atoms with Crippen LogP contribution in [-0.4, -0.2) is 45.7 Å². The van der Waals surface area contributed by atoms with Crippen molar-refractivity contribution < 1.29 is 19.3 Å². The average Bonchev–Trinajstić information content (AvgIpc) is 2.98. The van der Waals surface area contributed by atoms with E-state index in [1.54, 1.807) is 4.90 Å². The molecular weight excluding hydrogens is 412 g/mol. The standard InChI is InChI=1S/C23H26N4O5/c1-4-13-25(14-17-7-5-16(2)6-8-17)20(28)15-26-21(29)23(3,24-22(26)30)18-9-11-19(12-10-18)27(31)32/h5-12H,4,13-15H2,1-3H3,(H,24,30). The van der Waals surface area contributed by atoms with E-state index in [4.69, 9.17) is 0 Å². The lowest BCUT2D eigenvalue weighted by molar-refractivity contribution is -0.384. The van der Waals surface area contributed by atoms with Gasteiger partial charge < -0.3 is 10.2 Å². The van der Waals surface area contributed by atoms with Crippen LogP contribution in [0.15, 0.2) is 48.5 Å². The lowest BCUT2D eigenvalue weighted by Crippen LogP contribution is -2.44. The summed E-state index contributed by atoms with van der Waals surface area (Å²) >= 11 is 0. The third kappa shape index (κ3) is 4.61. The Morgan fingerprint density at radius 3 is 2.31 bits per heavy atom. The largest absolute Gasteiger partial charge is 0.337 e. The van der Waals surface area contributed by atoms with Crippen molar-refractivity contribution in [3.05, 3.63) is 75.3 Å². The number of amides is 4. The van der Waals surface area contributed by atoms with E-state index in [1.807, 2.05) is 38.1 Å². The van der Waals surface area contributed by atoms with Crippen molar-refractivity contribution in [3.63, 3.8) is 0 Å². The van der Waals surface area contributed by atoms with Crippen LogP contribution in [0.4, 0.5) is 10.5 Å². The molecule has 0 radical (unpaired) electrons. The van der Waals surface area contributed by atoms with Crippen LogP contribution in [0.25, 0.3) is 0 Å². The van der Waals surface area contributed by atoms with Gasteiger partial charge in [-0.25, -0.2) is 4.79 Å². The Kier molecular flexibility index (Phi) is 6.57. The summed E-state index contributed by atoms with van der Waals surface area (Å²) in [6.45, 7) is 5.97. The Balaban J connectivity index is 1.76. The molecule has 0 saturated carbocycles. The smallest absolute Gasteiger partial charge is 0.325 e. The molecule has 1 fully saturated rings. The van der Waals surface area contributed by atoms with E-state index in [0.717, 1.165) is 22.4 Å². The molecular formula is C23H26N4O5. The minimum absolute atomic E-state index is 0.118. The highest BCUT2D eigenvalue weighted by Gasteiger charge is 2.49. The number of urea groups is 1. The van der Waals surface area contributed by atoms with Gasteiger partial charge in [-0.05, 0) is 43.5 Å². The number of hydrogen-bond acceptors (Lipinski definition) is 5. The number of imide groups is 1. The maximum atomic E-state index is 13.1. The molecule has 0 aromatic heterocycles. The SMILES string of the molecule is CCCN(Cc1ccc(C)cc1)C(=O)CN1C(=O)NC(C)(c2ccc([N+](=O)[O-])cc2)C1=O. The first kappa shape index (κ1) is 22.9. The summed E-state index contributed by atoms with van der Waals surface area (Å²) in [7, 11) is 0. The predicted molar refractivity (Wildman–Crippen MR) is 118 cm³/mol. The molecule has 0 bridgehead atoms. The van der Waals surface area contributed by atoms with Crippen LogP contribution in [0.1, 0.15) is 37.0 Å². The van der Waals surface area contributed by atoms with Gasteiger partial charge >= 0.3 is 6.03 Å². The van der Waals surface area contributed by atoms with Gasteiger partial charge in [0.05, 0.1) is 4.92 Å². The van der Waals surface area contributed by atoms with Crippen molar-refractivity contribution in [1.29, 1.82) is 0 Å². The van der Waals surface area contributed by atoms with E-state index in [2.05, 4.69) is 5.32 Å². The molecule has 0 spiro atoms. The zero-order chi connectivity index (χ0) is 23.5. The van der Waals surface area contributed by atoms with Crippen LogP contribution in [0, 0.1) is 17.0 Å².